The molecular weight excluding hydrogens is 276 g/mol. The molecule has 1 aliphatic heterocycles. The van der Waals surface area contributed by atoms with Crippen LogP contribution in [-0.4, -0.2) is 29.8 Å². The van der Waals surface area contributed by atoms with E-state index in [0.717, 1.165) is 41.5 Å². The van der Waals surface area contributed by atoms with Gasteiger partial charge in [-0.25, -0.2) is 9.98 Å². The molecule has 0 spiro atoms. The number of aromatic nitrogens is 2. The lowest BCUT2D eigenvalue weighted by Crippen LogP contribution is -2.16. The van der Waals surface area contributed by atoms with Gasteiger partial charge in [0.15, 0.2) is 5.82 Å². The molecule has 0 atom stereocenters. The third kappa shape index (κ3) is 2.94. The van der Waals surface area contributed by atoms with Gasteiger partial charge in [-0.15, -0.1) is 0 Å². The smallest absolute Gasteiger partial charge is 0.177 e. The van der Waals surface area contributed by atoms with Gasteiger partial charge in [0.2, 0.25) is 0 Å². The first-order chi connectivity index (χ1) is 10.7. The molecule has 5 heteroatoms. The standard InChI is InChI=1S/C17H20N4O/c1-11(8-15-17(18-3)21-12(2)20-15)13-4-5-16-14(9-13)10-19-6-7-22-16/h4-5,8-9,19H,3,6-7,10H2,1-2H3,(H,20,21). The molecule has 1 aliphatic rings. The van der Waals surface area contributed by atoms with Crippen molar-refractivity contribution in [3.05, 3.63) is 40.8 Å². The Morgan fingerprint density at radius 2 is 2.32 bits per heavy atom. The number of rotatable bonds is 3. The summed E-state index contributed by atoms with van der Waals surface area (Å²) in [6.45, 7) is 9.97. The zero-order chi connectivity index (χ0) is 15.5. The van der Waals surface area contributed by atoms with Crippen molar-refractivity contribution in [1.82, 2.24) is 15.3 Å². The van der Waals surface area contributed by atoms with Crippen LogP contribution in [0.4, 0.5) is 5.82 Å². The Hall–Kier alpha value is -2.40. The Bertz CT molecular complexity index is 730. The molecule has 3 rings (SSSR count). The quantitative estimate of drug-likeness (QED) is 0.856. The van der Waals surface area contributed by atoms with Gasteiger partial charge < -0.3 is 15.0 Å². The van der Waals surface area contributed by atoms with Crippen LogP contribution in [0.3, 0.4) is 0 Å². The summed E-state index contributed by atoms with van der Waals surface area (Å²) < 4.78 is 5.72. The van der Waals surface area contributed by atoms with E-state index in [1.165, 1.54) is 5.56 Å². The highest BCUT2D eigenvalue weighted by Crippen LogP contribution is 2.27. The van der Waals surface area contributed by atoms with Crippen molar-refractivity contribution in [1.29, 1.82) is 0 Å². The highest BCUT2D eigenvalue weighted by Gasteiger charge is 2.10. The molecule has 0 radical (unpaired) electrons. The van der Waals surface area contributed by atoms with Crippen LogP contribution in [0.2, 0.25) is 0 Å². The summed E-state index contributed by atoms with van der Waals surface area (Å²) in [4.78, 5) is 11.5. The number of ether oxygens (including phenoxy) is 1. The van der Waals surface area contributed by atoms with Crippen LogP contribution in [0.5, 0.6) is 5.75 Å². The molecule has 22 heavy (non-hydrogen) atoms. The molecule has 5 nitrogen and oxygen atoms in total. The van der Waals surface area contributed by atoms with Crippen molar-refractivity contribution in [3.8, 4) is 5.75 Å². The number of hydrogen-bond donors (Lipinski definition) is 2. The molecule has 0 bridgehead atoms. The highest BCUT2D eigenvalue weighted by molar-refractivity contribution is 5.82. The van der Waals surface area contributed by atoms with E-state index in [2.05, 4.69) is 52.1 Å². The van der Waals surface area contributed by atoms with Crippen molar-refractivity contribution < 1.29 is 4.74 Å². The summed E-state index contributed by atoms with van der Waals surface area (Å²) in [5.41, 5.74) is 4.37. The normalized spacial score (nSPS) is 14.9. The van der Waals surface area contributed by atoms with Gasteiger partial charge in [0, 0.05) is 18.7 Å². The monoisotopic (exact) mass is 296 g/mol. The Morgan fingerprint density at radius 1 is 1.45 bits per heavy atom. The number of aliphatic imine (C=N–C) groups is 1. The number of benzene rings is 1. The van der Waals surface area contributed by atoms with Gasteiger partial charge in [0.1, 0.15) is 18.2 Å². The summed E-state index contributed by atoms with van der Waals surface area (Å²) in [6.07, 6.45) is 2.05. The van der Waals surface area contributed by atoms with Gasteiger partial charge in [-0.1, -0.05) is 6.07 Å². The first-order valence-corrected chi connectivity index (χ1v) is 7.36. The third-order valence-corrected chi connectivity index (χ3v) is 3.71. The van der Waals surface area contributed by atoms with Gasteiger partial charge in [-0.3, -0.25) is 0 Å². The van der Waals surface area contributed by atoms with Crippen LogP contribution >= 0.6 is 0 Å². The molecule has 0 fully saturated rings. The molecule has 0 saturated carbocycles. The maximum absolute atomic E-state index is 5.72. The van der Waals surface area contributed by atoms with E-state index in [1.54, 1.807) is 0 Å². The van der Waals surface area contributed by atoms with Gasteiger partial charge in [-0.2, -0.15) is 0 Å². The molecule has 0 unspecified atom stereocenters. The fourth-order valence-electron chi connectivity index (χ4n) is 2.58. The van der Waals surface area contributed by atoms with Crippen LogP contribution in [0.25, 0.3) is 11.6 Å². The van der Waals surface area contributed by atoms with Gasteiger partial charge in [0.05, 0.1) is 5.69 Å². The number of hydrogen-bond acceptors (Lipinski definition) is 4. The predicted molar refractivity (Wildman–Crippen MR) is 89.7 cm³/mol. The minimum atomic E-state index is 0.636. The van der Waals surface area contributed by atoms with E-state index in [0.29, 0.717) is 12.4 Å². The van der Waals surface area contributed by atoms with E-state index in [9.17, 15) is 0 Å². The van der Waals surface area contributed by atoms with E-state index in [4.69, 9.17) is 4.74 Å². The molecule has 1 aromatic heterocycles. The van der Waals surface area contributed by atoms with Crippen LogP contribution in [0.15, 0.2) is 23.2 Å². The number of fused-ring (bicyclic) bond motifs is 1. The second-order valence-electron chi connectivity index (χ2n) is 5.39. The highest BCUT2D eigenvalue weighted by atomic mass is 16.5. The zero-order valence-electron chi connectivity index (χ0n) is 12.9. The summed E-state index contributed by atoms with van der Waals surface area (Å²) in [6, 6.07) is 6.30. The maximum atomic E-state index is 5.72. The Morgan fingerprint density at radius 3 is 3.14 bits per heavy atom. The maximum Gasteiger partial charge on any atom is 0.177 e. The molecule has 2 aromatic rings. The number of aryl methyl sites for hydroxylation is 1. The van der Waals surface area contributed by atoms with E-state index < -0.39 is 0 Å². The largest absolute Gasteiger partial charge is 0.492 e. The summed E-state index contributed by atoms with van der Waals surface area (Å²) in [7, 11) is 0. The number of H-pyrrole nitrogens is 1. The fourth-order valence-corrected chi connectivity index (χ4v) is 2.58. The first-order valence-electron chi connectivity index (χ1n) is 7.36. The van der Waals surface area contributed by atoms with Crippen molar-refractivity contribution in [2.45, 2.75) is 20.4 Å². The molecule has 0 amide bonds. The lowest BCUT2D eigenvalue weighted by Gasteiger charge is -2.09. The molecule has 2 N–H and O–H groups in total. The number of nitrogens with one attached hydrogen (secondary N) is 2. The van der Waals surface area contributed by atoms with Gasteiger partial charge in [-0.05, 0) is 49.9 Å². The summed E-state index contributed by atoms with van der Waals surface area (Å²) in [5.74, 6) is 2.44. The molecule has 1 aromatic carbocycles. The summed E-state index contributed by atoms with van der Waals surface area (Å²) in [5, 5.41) is 3.36. The summed E-state index contributed by atoms with van der Waals surface area (Å²) >= 11 is 0. The molecule has 0 saturated heterocycles. The molecule has 114 valence electrons. The predicted octanol–water partition coefficient (Wildman–Crippen LogP) is 3.09. The average molecular weight is 296 g/mol. The molecule has 0 aliphatic carbocycles. The Labute approximate surface area is 130 Å². The minimum absolute atomic E-state index is 0.636. The number of aromatic amines is 1. The van der Waals surface area contributed by atoms with Crippen LogP contribution in [0, 0.1) is 6.92 Å². The number of imidazole rings is 1. The lowest BCUT2D eigenvalue weighted by atomic mass is 10.0. The third-order valence-electron chi connectivity index (χ3n) is 3.71. The number of nitrogens with zero attached hydrogens (tertiary/aromatic N) is 2. The Balaban J connectivity index is 1.94. The second kappa shape index (κ2) is 6.15. The van der Waals surface area contributed by atoms with E-state index >= 15 is 0 Å². The zero-order valence-corrected chi connectivity index (χ0v) is 12.9. The van der Waals surface area contributed by atoms with Crippen LogP contribution in [0.1, 0.15) is 29.6 Å². The number of allylic oxidation sites excluding steroid dienone is 1. The Kier molecular flexibility index (Phi) is 4.06. The second-order valence-corrected chi connectivity index (χ2v) is 5.39. The van der Waals surface area contributed by atoms with Gasteiger partial charge >= 0.3 is 0 Å². The van der Waals surface area contributed by atoms with E-state index in [-0.39, 0.29) is 0 Å². The van der Waals surface area contributed by atoms with Crippen LogP contribution < -0.4 is 10.1 Å². The average Bonchev–Trinajstić information content (AvgIpc) is 2.73. The van der Waals surface area contributed by atoms with Crippen LogP contribution in [-0.2, 0) is 6.54 Å². The van der Waals surface area contributed by atoms with Gasteiger partial charge in [0.25, 0.3) is 0 Å². The van der Waals surface area contributed by atoms with Crippen molar-refractivity contribution in [3.63, 3.8) is 0 Å². The molecule has 2 heterocycles. The van der Waals surface area contributed by atoms with Crippen molar-refractivity contribution >= 4 is 24.2 Å². The fraction of sp³-hybridized carbons (Fsp3) is 0.294. The lowest BCUT2D eigenvalue weighted by molar-refractivity contribution is 0.326. The topological polar surface area (TPSA) is 62.3 Å². The van der Waals surface area contributed by atoms with Crippen molar-refractivity contribution in [2.24, 2.45) is 4.99 Å². The minimum Gasteiger partial charge on any atom is -0.492 e. The molecular formula is C17H20N4O. The SMILES string of the molecule is C=Nc1nc(C)[nH]c1C=C(C)c1ccc2c(c1)CNCCO2. The first kappa shape index (κ1) is 14.5. The van der Waals surface area contributed by atoms with E-state index in [1.807, 2.05) is 13.0 Å². The van der Waals surface area contributed by atoms with Crippen molar-refractivity contribution in [2.75, 3.05) is 13.2 Å².